The van der Waals surface area contributed by atoms with Crippen molar-refractivity contribution in [2.45, 2.75) is 6.61 Å². The van der Waals surface area contributed by atoms with Gasteiger partial charge < -0.3 is 19.7 Å². The second kappa shape index (κ2) is 13.4. The van der Waals surface area contributed by atoms with Gasteiger partial charge >= 0.3 is 0 Å². The van der Waals surface area contributed by atoms with Gasteiger partial charge in [0.1, 0.15) is 22.8 Å². The Hall–Kier alpha value is -4.68. The van der Waals surface area contributed by atoms with E-state index in [-0.39, 0.29) is 12.2 Å². The molecule has 6 heteroatoms. The minimum Gasteiger partial charge on any atom is -0.507 e. The van der Waals surface area contributed by atoms with Crippen LogP contribution in [0.4, 0.5) is 0 Å². The Kier molecular flexibility index (Phi) is 9.76. The van der Waals surface area contributed by atoms with Crippen LogP contribution in [0.2, 0.25) is 0 Å². The predicted octanol–water partition coefficient (Wildman–Crippen LogP) is 5.59. The molecular formula is C31H28O6. The molecule has 0 saturated heterocycles. The standard InChI is InChI=1S/C31H28O6/c1-36-26-14-7-23(8-15-26)12-19-29(34)31(28(33)18-11-22-3-5-25(21-32)6-4-22)30(35)20-13-24-9-16-27(37-2)17-10-24/h3-20,32,34H,21H2,1-2H3/b18-11+,19-12+,20-13+,31-29+. The lowest BCUT2D eigenvalue weighted by atomic mass is 10.0. The van der Waals surface area contributed by atoms with Gasteiger partial charge in [-0.1, -0.05) is 66.8 Å². The molecule has 2 N–H and O–H groups in total. The molecule has 0 aliphatic carbocycles. The molecule has 37 heavy (non-hydrogen) atoms. The quantitative estimate of drug-likeness (QED) is 0.118. The molecular weight excluding hydrogens is 468 g/mol. The minimum atomic E-state index is -0.646. The third-order valence-corrected chi connectivity index (χ3v) is 5.43. The van der Waals surface area contributed by atoms with Crippen LogP contribution in [-0.2, 0) is 16.2 Å². The number of carbonyl (C=O) groups is 2. The fourth-order valence-corrected chi connectivity index (χ4v) is 3.31. The molecule has 0 aromatic heterocycles. The number of allylic oxidation sites excluding steroid dienone is 4. The average Bonchev–Trinajstić information content (AvgIpc) is 2.94. The van der Waals surface area contributed by atoms with Gasteiger partial charge in [-0.2, -0.15) is 0 Å². The average molecular weight is 497 g/mol. The first-order valence-electron chi connectivity index (χ1n) is 11.5. The van der Waals surface area contributed by atoms with E-state index in [1.54, 1.807) is 105 Å². The number of ether oxygens (including phenoxy) is 2. The smallest absolute Gasteiger partial charge is 0.193 e. The van der Waals surface area contributed by atoms with Crippen molar-refractivity contribution in [2.75, 3.05) is 14.2 Å². The normalized spacial score (nSPS) is 12.2. The van der Waals surface area contributed by atoms with E-state index >= 15 is 0 Å². The van der Waals surface area contributed by atoms with Crippen LogP contribution in [-0.4, -0.2) is 36.0 Å². The van der Waals surface area contributed by atoms with E-state index in [9.17, 15) is 19.8 Å². The van der Waals surface area contributed by atoms with Crippen LogP contribution in [0, 0.1) is 0 Å². The molecule has 3 aromatic carbocycles. The third-order valence-electron chi connectivity index (χ3n) is 5.43. The van der Waals surface area contributed by atoms with E-state index in [1.165, 1.54) is 18.2 Å². The van der Waals surface area contributed by atoms with E-state index in [2.05, 4.69) is 0 Å². The molecule has 0 fully saturated rings. The molecule has 0 spiro atoms. The van der Waals surface area contributed by atoms with Crippen molar-refractivity contribution in [1.82, 2.24) is 0 Å². The molecule has 0 bridgehead atoms. The largest absolute Gasteiger partial charge is 0.507 e. The molecule has 3 aromatic rings. The maximum atomic E-state index is 13.0. The van der Waals surface area contributed by atoms with E-state index in [4.69, 9.17) is 9.47 Å². The van der Waals surface area contributed by atoms with Gasteiger partial charge in [-0.3, -0.25) is 9.59 Å². The highest BCUT2D eigenvalue weighted by atomic mass is 16.5. The zero-order chi connectivity index (χ0) is 26.6. The molecule has 0 heterocycles. The Balaban J connectivity index is 1.89. The number of methoxy groups -OCH3 is 2. The summed E-state index contributed by atoms with van der Waals surface area (Å²) in [5, 5.41) is 19.9. The fourth-order valence-electron chi connectivity index (χ4n) is 3.31. The van der Waals surface area contributed by atoms with Crippen LogP contribution in [0.25, 0.3) is 18.2 Å². The topological polar surface area (TPSA) is 93.1 Å². The summed E-state index contributed by atoms with van der Waals surface area (Å²) < 4.78 is 10.3. The summed E-state index contributed by atoms with van der Waals surface area (Å²) in [5.74, 6) is -0.377. The number of hydrogen-bond acceptors (Lipinski definition) is 6. The lowest BCUT2D eigenvalue weighted by Crippen LogP contribution is -2.11. The van der Waals surface area contributed by atoms with Crippen molar-refractivity contribution in [1.29, 1.82) is 0 Å². The summed E-state index contributed by atoms with van der Waals surface area (Å²) in [7, 11) is 3.13. The van der Waals surface area contributed by atoms with Crippen LogP contribution < -0.4 is 9.47 Å². The summed E-state index contributed by atoms with van der Waals surface area (Å²) in [6.07, 6.45) is 8.51. The van der Waals surface area contributed by atoms with Crippen molar-refractivity contribution in [3.05, 3.63) is 125 Å². The lowest BCUT2D eigenvalue weighted by molar-refractivity contribution is -0.117. The van der Waals surface area contributed by atoms with Crippen molar-refractivity contribution in [3.63, 3.8) is 0 Å². The van der Waals surface area contributed by atoms with Gasteiger partial charge in [-0.25, -0.2) is 0 Å². The van der Waals surface area contributed by atoms with Crippen molar-refractivity contribution >= 4 is 29.8 Å². The molecule has 6 nitrogen and oxygen atoms in total. The third kappa shape index (κ3) is 7.92. The second-order valence-electron chi connectivity index (χ2n) is 7.93. The van der Waals surface area contributed by atoms with Crippen LogP contribution in [0.3, 0.4) is 0 Å². The SMILES string of the molecule is COc1ccc(/C=C/C(=O)/C(C(=O)/C=C/c2ccc(CO)cc2)=C(O)\C=C\c2ccc(OC)cc2)cc1. The van der Waals surface area contributed by atoms with Gasteiger partial charge in [0.25, 0.3) is 0 Å². The van der Waals surface area contributed by atoms with Gasteiger partial charge in [0.05, 0.1) is 20.8 Å². The summed E-state index contributed by atoms with van der Waals surface area (Å²) in [6.45, 7) is -0.0841. The molecule has 0 aliphatic heterocycles. The Morgan fingerprint density at radius 3 is 1.41 bits per heavy atom. The first-order chi connectivity index (χ1) is 17.9. The summed E-state index contributed by atoms with van der Waals surface area (Å²) >= 11 is 0. The Labute approximate surface area is 216 Å². The summed E-state index contributed by atoms with van der Waals surface area (Å²) in [4.78, 5) is 26.1. The Morgan fingerprint density at radius 1 is 0.649 bits per heavy atom. The van der Waals surface area contributed by atoms with Gasteiger partial charge in [-0.05, 0) is 64.7 Å². The molecule has 0 aliphatic rings. The molecule has 0 amide bonds. The fraction of sp³-hybridized carbons (Fsp3) is 0.0968. The van der Waals surface area contributed by atoms with E-state index < -0.39 is 17.3 Å². The van der Waals surface area contributed by atoms with Crippen molar-refractivity contribution in [2.24, 2.45) is 0 Å². The zero-order valence-electron chi connectivity index (χ0n) is 20.6. The van der Waals surface area contributed by atoms with Gasteiger partial charge in [0, 0.05) is 0 Å². The molecule has 188 valence electrons. The van der Waals surface area contributed by atoms with Crippen LogP contribution >= 0.6 is 0 Å². The number of aliphatic hydroxyl groups excluding tert-OH is 2. The summed E-state index contributed by atoms with van der Waals surface area (Å²) in [6, 6.07) is 21.1. The summed E-state index contributed by atoms with van der Waals surface area (Å²) in [5.41, 5.74) is 2.56. The highest BCUT2D eigenvalue weighted by molar-refractivity contribution is 6.29. The second-order valence-corrected chi connectivity index (χ2v) is 7.93. The first kappa shape index (κ1) is 26.9. The predicted molar refractivity (Wildman–Crippen MR) is 145 cm³/mol. The number of hydrogen-bond donors (Lipinski definition) is 2. The van der Waals surface area contributed by atoms with E-state index in [0.29, 0.717) is 17.1 Å². The number of ketones is 2. The maximum absolute atomic E-state index is 13.0. The highest BCUT2D eigenvalue weighted by Gasteiger charge is 2.18. The maximum Gasteiger partial charge on any atom is 0.193 e. The number of rotatable bonds is 11. The number of benzene rings is 3. The molecule has 0 saturated carbocycles. The van der Waals surface area contributed by atoms with E-state index in [0.717, 1.165) is 16.7 Å². The van der Waals surface area contributed by atoms with Gasteiger partial charge in [0.2, 0.25) is 0 Å². The molecule has 0 radical (unpaired) electrons. The lowest BCUT2D eigenvalue weighted by Gasteiger charge is -2.04. The van der Waals surface area contributed by atoms with Crippen molar-refractivity contribution < 1.29 is 29.3 Å². The van der Waals surface area contributed by atoms with Crippen molar-refractivity contribution in [3.8, 4) is 11.5 Å². The molecule has 0 unspecified atom stereocenters. The molecule has 0 atom stereocenters. The van der Waals surface area contributed by atoms with Gasteiger partial charge in [0.15, 0.2) is 11.6 Å². The van der Waals surface area contributed by atoms with Crippen LogP contribution in [0.5, 0.6) is 11.5 Å². The Morgan fingerprint density at radius 2 is 1.03 bits per heavy atom. The Bertz CT molecular complexity index is 1250. The van der Waals surface area contributed by atoms with E-state index in [1.807, 2.05) is 0 Å². The number of carbonyl (C=O) groups excluding carboxylic acids is 2. The minimum absolute atomic E-state index is 0.0841. The molecule has 3 rings (SSSR count). The number of aliphatic hydroxyl groups is 2. The first-order valence-corrected chi connectivity index (χ1v) is 11.5. The highest BCUT2D eigenvalue weighted by Crippen LogP contribution is 2.17. The zero-order valence-corrected chi connectivity index (χ0v) is 20.6. The monoisotopic (exact) mass is 496 g/mol. The van der Waals surface area contributed by atoms with Crippen LogP contribution in [0.1, 0.15) is 22.3 Å². The van der Waals surface area contributed by atoms with Crippen LogP contribution in [0.15, 0.2) is 102 Å². The van der Waals surface area contributed by atoms with Gasteiger partial charge in [-0.15, -0.1) is 0 Å².